The van der Waals surface area contributed by atoms with Gasteiger partial charge in [-0.25, -0.2) is 0 Å². The van der Waals surface area contributed by atoms with E-state index in [9.17, 15) is 4.79 Å². The molecule has 3 heteroatoms. The van der Waals surface area contributed by atoms with E-state index in [4.69, 9.17) is 4.74 Å². The van der Waals surface area contributed by atoms with Crippen LogP contribution in [0, 0.1) is 11.8 Å². The first-order valence-electron chi connectivity index (χ1n) is 7.19. The quantitative estimate of drug-likeness (QED) is 0.874. The van der Waals surface area contributed by atoms with Gasteiger partial charge in [-0.3, -0.25) is 4.79 Å². The summed E-state index contributed by atoms with van der Waals surface area (Å²) in [5.41, 5.74) is 0.855. The van der Waals surface area contributed by atoms with Crippen molar-refractivity contribution in [1.82, 2.24) is 0 Å². The van der Waals surface area contributed by atoms with Crippen LogP contribution in [0.1, 0.15) is 39.5 Å². The van der Waals surface area contributed by atoms with Gasteiger partial charge in [-0.1, -0.05) is 26.7 Å². The summed E-state index contributed by atoms with van der Waals surface area (Å²) in [4.78, 5) is 12.0. The normalized spacial score (nSPS) is 15.7. The van der Waals surface area contributed by atoms with Gasteiger partial charge < -0.3 is 10.1 Å². The summed E-state index contributed by atoms with van der Waals surface area (Å²) in [6.45, 7) is 4.96. The predicted molar refractivity (Wildman–Crippen MR) is 77.4 cm³/mol. The van der Waals surface area contributed by atoms with E-state index in [-0.39, 0.29) is 11.8 Å². The van der Waals surface area contributed by atoms with Crippen molar-refractivity contribution in [2.75, 3.05) is 11.9 Å². The Bertz CT molecular complexity index is 405. The van der Waals surface area contributed by atoms with Gasteiger partial charge in [0.25, 0.3) is 0 Å². The molecule has 2 rings (SSSR count). The maximum absolute atomic E-state index is 12.0. The molecule has 1 aliphatic rings. The molecule has 0 spiro atoms. The molecule has 0 radical (unpaired) electrons. The molecule has 1 amide bonds. The summed E-state index contributed by atoms with van der Waals surface area (Å²) in [6.07, 6.45) is 4.42. The minimum atomic E-state index is 0.161. The summed E-state index contributed by atoms with van der Waals surface area (Å²) in [5.74, 6) is 1.74. The molecule has 0 atom stereocenters. The fourth-order valence-corrected chi connectivity index (χ4v) is 2.33. The molecular weight excluding hydrogens is 238 g/mol. The van der Waals surface area contributed by atoms with E-state index in [1.807, 2.05) is 24.3 Å². The van der Waals surface area contributed by atoms with Crippen LogP contribution in [0.2, 0.25) is 0 Å². The Morgan fingerprint density at radius 1 is 1.26 bits per heavy atom. The van der Waals surface area contributed by atoms with E-state index in [1.165, 1.54) is 12.8 Å². The number of ether oxygens (including phenoxy) is 1. The number of nitrogens with one attached hydrogen (secondary N) is 1. The molecule has 0 bridgehead atoms. The van der Waals surface area contributed by atoms with E-state index in [0.29, 0.717) is 12.5 Å². The number of anilines is 1. The lowest BCUT2D eigenvalue weighted by Gasteiger charge is -2.12. The van der Waals surface area contributed by atoms with E-state index < -0.39 is 0 Å². The topological polar surface area (TPSA) is 38.3 Å². The van der Waals surface area contributed by atoms with Gasteiger partial charge >= 0.3 is 0 Å². The molecular formula is C16H23NO2. The number of amides is 1. The summed E-state index contributed by atoms with van der Waals surface area (Å²) >= 11 is 0. The van der Waals surface area contributed by atoms with E-state index in [1.54, 1.807) is 0 Å². The van der Waals surface area contributed by atoms with Crippen molar-refractivity contribution in [1.29, 1.82) is 0 Å². The summed E-state index contributed by atoms with van der Waals surface area (Å²) in [6, 6.07) is 7.63. The molecule has 3 nitrogen and oxygen atoms in total. The highest BCUT2D eigenvalue weighted by Gasteiger charge is 2.22. The van der Waals surface area contributed by atoms with E-state index in [0.717, 1.165) is 24.3 Å². The Hall–Kier alpha value is -1.51. The average Bonchev–Trinajstić information content (AvgIpc) is 2.92. The van der Waals surface area contributed by atoms with Gasteiger partial charge in [0.15, 0.2) is 0 Å². The van der Waals surface area contributed by atoms with Crippen molar-refractivity contribution in [2.24, 2.45) is 11.8 Å². The number of hydrogen-bond acceptors (Lipinski definition) is 2. The van der Waals surface area contributed by atoms with Crippen molar-refractivity contribution in [3.8, 4) is 5.75 Å². The number of benzene rings is 1. The Kier molecular flexibility index (Phi) is 4.83. The van der Waals surface area contributed by atoms with Gasteiger partial charge in [0.05, 0.1) is 6.61 Å². The largest absolute Gasteiger partial charge is 0.493 e. The van der Waals surface area contributed by atoms with Gasteiger partial charge in [-0.05, 0) is 43.0 Å². The molecule has 0 aliphatic heterocycles. The summed E-state index contributed by atoms with van der Waals surface area (Å²) in [7, 11) is 0. The number of carbonyl (C=O) groups excluding carboxylic acids is 1. The number of hydrogen-bond donors (Lipinski definition) is 1. The highest BCUT2D eigenvalue weighted by Crippen LogP contribution is 2.26. The Morgan fingerprint density at radius 2 is 1.89 bits per heavy atom. The highest BCUT2D eigenvalue weighted by atomic mass is 16.5. The van der Waals surface area contributed by atoms with Gasteiger partial charge in [-0.2, -0.15) is 0 Å². The van der Waals surface area contributed by atoms with Crippen LogP contribution < -0.4 is 10.1 Å². The first-order chi connectivity index (χ1) is 9.15. The standard InChI is InChI=1S/C16H23NO2/c1-12(2)11-19-15-9-7-14(8-10-15)17-16(18)13-5-3-4-6-13/h7-10,12-13H,3-6,11H2,1-2H3,(H,17,18). The lowest BCUT2D eigenvalue weighted by atomic mass is 10.1. The lowest BCUT2D eigenvalue weighted by molar-refractivity contribution is -0.119. The van der Waals surface area contributed by atoms with Gasteiger partial charge in [0.1, 0.15) is 5.75 Å². The van der Waals surface area contributed by atoms with Crippen LogP contribution in [-0.2, 0) is 4.79 Å². The zero-order valence-corrected chi connectivity index (χ0v) is 11.8. The van der Waals surface area contributed by atoms with Gasteiger partial charge in [0, 0.05) is 11.6 Å². The second kappa shape index (κ2) is 6.60. The van der Waals surface area contributed by atoms with Crippen LogP contribution in [0.5, 0.6) is 5.75 Å². The van der Waals surface area contributed by atoms with Crippen LogP contribution in [-0.4, -0.2) is 12.5 Å². The monoisotopic (exact) mass is 261 g/mol. The molecule has 19 heavy (non-hydrogen) atoms. The van der Waals surface area contributed by atoms with Crippen LogP contribution >= 0.6 is 0 Å². The van der Waals surface area contributed by atoms with Crippen LogP contribution in [0.4, 0.5) is 5.69 Å². The zero-order chi connectivity index (χ0) is 13.7. The van der Waals surface area contributed by atoms with Crippen molar-refractivity contribution in [3.05, 3.63) is 24.3 Å². The van der Waals surface area contributed by atoms with Crippen LogP contribution in [0.15, 0.2) is 24.3 Å². The Morgan fingerprint density at radius 3 is 2.47 bits per heavy atom. The smallest absolute Gasteiger partial charge is 0.227 e. The zero-order valence-electron chi connectivity index (χ0n) is 11.8. The Labute approximate surface area is 115 Å². The third-order valence-electron chi connectivity index (χ3n) is 3.43. The van der Waals surface area contributed by atoms with Crippen LogP contribution in [0.25, 0.3) is 0 Å². The summed E-state index contributed by atoms with van der Waals surface area (Å²) < 4.78 is 5.61. The second-order valence-electron chi connectivity index (χ2n) is 5.70. The van der Waals surface area contributed by atoms with Crippen LogP contribution in [0.3, 0.4) is 0 Å². The van der Waals surface area contributed by atoms with Gasteiger partial charge in [-0.15, -0.1) is 0 Å². The first kappa shape index (κ1) is 13.9. The third kappa shape index (κ3) is 4.27. The van der Waals surface area contributed by atoms with E-state index in [2.05, 4.69) is 19.2 Å². The Balaban J connectivity index is 1.85. The molecule has 1 aromatic carbocycles. The molecule has 104 valence electrons. The third-order valence-corrected chi connectivity index (χ3v) is 3.43. The van der Waals surface area contributed by atoms with Crippen molar-refractivity contribution in [2.45, 2.75) is 39.5 Å². The minimum absolute atomic E-state index is 0.161. The molecule has 1 aliphatic carbocycles. The molecule has 1 aromatic rings. The molecule has 1 saturated carbocycles. The number of rotatable bonds is 5. The molecule has 0 unspecified atom stereocenters. The molecule has 0 saturated heterocycles. The lowest BCUT2D eigenvalue weighted by Crippen LogP contribution is -2.20. The minimum Gasteiger partial charge on any atom is -0.493 e. The second-order valence-corrected chi connectivity index (χ2v) is 5.70. The predicted octanol–water partition coefficient (Wildman–Crippen LogP) is 3.85. The SMILES string of the molecule is CC(C)COc1ccc(NC(=O)C2CCCC2)cc1. The fraction of sp³-hybridized carbons (Fsp3) is 0.562. The maximum Gasteiger partial charge on any atom is 0.227 e. The summed E-state index contributed by atoms with van der Waals surface area (Å²) in [5, 5.41) is 2.98. The average molecular weight is 261 g/mol. The fourth-order valence-electron chi connectivity index (χ4n) is 2.33. The van der Waals surface area contributed by atoms with Crippen molar-refractivity contribution in [3.63, 3.8) is 0 Å². The van der Waals surface area contributed by atoms with Gasteiger partial charge in [0.2, 0.25) is 5.91 Å². The number of carbonyl (C=O) groups is 1. The molecule has 0 heterocycles. The highest BCUT2D eigenvalue weighted by molar-refractivity contribution is 5.92. The van der Waals surface area contributed by atoms with Crippen molar-refractivity contribution < 1.29 is 9.53 Å². The molecule has 1 fully saturated rings. The first-order valence-corrected chi connectivity index (χ1v) is 7.19. The molecule has 0 aromatic heterocycles. The molecule has 1 N–H and O–H groups in total. The maximum atomic E-state index is 12.0. The van der Waals surface area contributed by atoms with E-state index >= 15 is 0 Å². The van der Waals surface area contributed by atoms with Crippen molar-refractivity contribution >= 4 is 11.6 Å².